The minimum atomic E-state index is 0.318. The first kappa shape index (κ1) is 13.8. The molecule has 0 aliphatic carbocycles. The molecular weight excluding hydrogens is 232 g/mol. The Hall–Kier alpha value is -1.67. The molecule has 0 radical (unpaired) electrons. The average molecular weight is 254 g/mol. The molecule has 0 saturated carbocycles. The summed E-state index contributed by atoms with van der Waals surface area (Å²) in [6, 6.07) is 13.2. The second kappa shape index (κ2) is 6.48. The predicted octanol–water partition coefficient (Wildman–Crippen LogP) is 4.06. The Morgan fingerprint density at radius 3 is 2.32 bits per heavy atom. The van der Waals surface area contributed by atoms with Gasteiger partial charge >= 0.3 is 0 Å². The number of rotatable bonds is 5. The molecule has 19 heavy (non-hydrogen) atoms. The topological polar surface area (TPSA) is 24.9 Å². The van der Waals surface area contributed by atoms with Gasteiger partial charge in [-0.1, -0.05) is 44.2 Å². The quantitative estimate of drug-likeness (QED) is 0.870. The maximum Gasteiger partial charge on any atom is 0.0315 e. The van der Waals surface area contributed by atoms with E-state index in [0.29, 0.717) is 12.0 Å². The normalized spacial score (nSPS) is 12.6. The third kappa shape index (κ3) is 3.90. The molecule has 2 nitrogen and oxygen atoms in total. The number of benzene rings is 1. The van der Waals surface area contributed by atoms with Gasteiger partial charge in [-0.2, -0.15) is 0 Å². The first-order valence-corrected chi connectivity index (χ1v) is 6.89. The first-order valence-electron chi connectivity index (χ1n) is 6.89. The van der Waals surface area contributed by atoms with Gasteiger partial charge in [0.15, 0.2) is 0 Å². The lowest BCUT2D eigenvalue weighted by Crippen LogP contribution is -2.18. The average Bonchev–Trinajstić information content (AvgIpc) is 2.46. The molecule has 0 bridgehead atoms. The minimum absolute atomic E-state index is 0.318. The number of hydrogen-bond acceptors (Lipinski definition) is 2. The third-order valence-electron chi connectivity index (χ3n) is 3.44. The maximum absolute atomic E-state index is 4.15. The molecule has 1 atom stereocenters. The molecule has 0 amide bonds. The van der Waals surface area contributed by atoms with Crippen LogP contribution >= 0.6 is 0 Å². The van der Waals surface area contributed by atoms with Gasteiger partial charge in [0, 0.05) is 25.0 Å². The number of nitrogens with one attached hydrogen (secondary N) is 1. The SMILES string of the molecule is CC(C)c1ccc(CN[C@H](C)c2cccnc2)cc1. The van der Waals surface area contributed by atoms with E-state index >= 15 is 0 Å². The van der Waals surface area contributed by atoms with Crippen LogP contribution in [0.1, 0.15) is 49.4 Å². The molecule has 0 spiro atoms. The highest BCUT2D eigenvalue weighted by atomic mass is 14.9. The van der Waals surface area contributed by atoms with Crippen LogP contribution < -0.4 is 5.32 Å². The van der Waals surface area contributed by atoms with E-state index in [1.165, 1.54) is 16.7 Å². The molecule has 2 heteroatoms. The second-order valence-electron chi connectivity index (χ2n) is 5.29. The molecular formula is C17H22N2. The molecule has 0 aliphatic heterocycles. The fourth-order valence-electron chi connectivity index (χ4n) is 2.04. The summed E-state index contributed by atoms with van der Waals surface area (Å²) < 4.78 is 0. The summed E-state index contributed by atoms with van der Waals surface area (Å²) >= 11 is 0. The molecule has 100 valence electrons. The van der Waals surface area contributed by atoms with E-state index in [2.05, 4.69) is 61.4 Å². The summed E-state index contributed by atoms with van der Waals surface area (Å²) in [6.07, 6.45) is 3.72. The van der Waals surface area contributed by atoms with Crippen molar-refractivity contribution in [1.29, 1.82) is 0 Å². The van der Waals surface area contributed by atoms with Crippen molar-refractivity contribution in [2.45, 2.75) is 39.3 Å². The number of nitrogens with zero attached hydrogens (tertiary/aromatic N) is 1. The highest BCUT2D eigenvalue weighted by Gasteiger charge is 2.04. The highest BCUT2D eigenvalue weighted by Crippen LogP contribution is 2.15. The molecule has 2 rings (SSSR count). The lowest BCUT2D eigenvalue weighted by molar-refractivity contribution is 0.573. The van der Waals surface area contributed by atoms with Gasteiger partial charge in [-0.3, -0.25) is 4.98 Å². The van der Waals surface area contributed by atoms with Crippen LogP contribution in [-0.2, 0) is 6.54 Å². The van der Waals surface area contributed by atoms with E-state index in [1.54, 1.807) is 6.20 Å². The summed E-state index contributed by atoms with van der Waals surface area (Å²) in [5, 5.41) is 3.52. The van der Waals surface area contributed by atoms with Crippen molar-refractivity contribution < 1.29 is 0 Å². The standard InChI is InChI=1S/C17H22N2/c1-13(2)16-8-6-15(7-9-16)11-19-14(3)17-5-4-10-18-12-17/h4-10,12-14,19H,11H2,1-3H3/t14-/m1/s1. The molecule has 1 aromatic heterocycles. The van der Waals surface area contributed by atoms with Crippen LogP contribution in [0.2, 0.25) is 0 Å². The lowest BCUT2D eigenvalue weighted by Gasteiger charge is -2.14. The molecule has 1 N–H and O–H groups in total. The fourth-order valence-corrected chi connectivity index (χ4v) is 2.04. The zero-order valence-electron chi connectivity index (χ0n) is 11.9. The number of hydrogen-bond donors (Lipinski definition) is 1. The second-order valence-corrected chi connectivity index (χ2v) is 5.29. The van der Waals surface area contributed by atoms with Gasteiger partial charge in [0.25, 0.3) is 0 Å². The van der Waals surface area contributed by atoms with Crippen molar-refractivity contribution in [2.24, 2.45) is 0 Å². The lowest BCUT2D eigenvalue weighted by atomic mass is 10.0. The Labute approximate surface area is 115 Å². The Morgan fingerprint density at radius 2 is 1.74 bits per heavy atom. The molecule has 0 fully saturated rings. The van der Waals surface area contributed by atoms with E-state index in [0.717, 1.165) is 6.54 Å². The molecule has 1 heterocycles. The van der Waals surface area contributed by atoms with E-state index in [9.17, 15) is 0 Å². The van der Waals surface area contributed by atoms with Crippen molar-refractivity contribution in [1.82, 2.24) is 10.3 Å². The summed E-state index contributed by atoms with van der Waals surface area (Å²) in [7, 11) is 0. The Bertz CT molecular complexity index is 488. The van der Waals surface area contributed by atoms with Crippen LogP contribution in [0, 0.1) is 0 Å². The Balaban J connectivity index is 1.92. The Kier molecular flexibility index (Phi) is 4.69. The van der Waals surface area contributed by atoms with E-state index in [-0.39, 0.29) is 0 Å². The summed E-state index contributed by atoms with van der Waals surface area (Å²) in [4.78, 5) is 4.15. The zero-order chi connectivity index (χ0) is 13.7. The van der Waals surface area contributed by atoms with Gasteiger partial charge in [-0.15, -0.1) is 0 Å². The van der Waals surface area contributed by atoms with Crippen LogP contribution in [0.4, 0.5) is 0 Å². The summed E-state index contributed by atoms with van der Waals surface area (Å²) in [5.74, 6) is 0.594. The predicted molar refractivity (Wildman–Crippen MR) is 80.0 cm³/mol. The third-order valence-corrected chi connectivity index (χ3v) is 3.44. The van der Waals surface area contributed by atoms with Crippen molar-refractivity contribution in [3.63, 3.8) is 0 Å². The van der Waals surface area contributed by atoms with Crippen molar-refractivity contribution in [3.05, 3.63) is 65.5 Å². The van der Waals surface area contributed by atoms with Crippen molar-refractivity contribution in [2.75, 3.05) is 0 Å². The van der Waals surface area contributed by atoms with Crippen LogP contribution in [-0.4, -0.2) is 4.98 Å². The van der Waals surface area contributed by atoms with Gasteiger partial charge in [-0.25, -0.2) is 0 Å². The molecule has 1 aromatic carbocycles. The largest absolute Gasteiger partial charge is 0.306 e. The summed E-state index contributed by atoms with van der Waals surface area (Å²) in [6.45, 7) is 7.49. The monoisotopic (exact) mass is 254 g/mol. The zero-order valence-corrected chi connectivity index (χ0v) is 11.9. The fraction of sp³-hybridized carbons (Fsp3) is 0.353. The van der Waals surface area contributed by atoms with E-state index < -0.39 is 0 Å². The maximum atomic E-state index is 4.15. The van der Waals surface area contributed by atoms with Crippen LogP contribution in [0.25, 0.3) is 0 Å². The van der Waals surface area contributed by atoms with Crippen LogP contribution in [0.5, 0.6) is 0 Å². The highest BCUT2D eigenvalue weighted by molar-refractivity contribution is 5.24. The van der Waals surface area contributed by atoms with Crippen molar-refractivity contribution >= 4 is 0 Å². The molecule has 0 unspecified atom stereocenters. The van der Waals surface area contributed by atoms with E-state index in [4.69, 9.17) is 0 Å². The summed E-state index contributed by atoms with van der Waals surface area (Å²) in [5.41, 5.74) is 3.94. The Morgan fingerprint density at radius 1 is 1.00 bits per heavy atom. The van der Waals surface area contributed by atoms with E-state index in [1.807, 2.05) is 12.3 Å². The minimum Gasteiger partial charge on any atom is -0.306 e. The van der Waals surface area contributed by atoms with Gasteiger partial charge < -0.3 is 5.32 Å². The van der Waals surface area contributed by atoms with Crippen LogP contribution in [0.15, 0.2) is 48.8 Å². The first-order chi connectivity index (χ1) is 9.16. The molecule has 2 aromatic rings. The smallest absolute Gasteiger partial charge is 0.0315 e. The van der Waals surface area contributed by atoms with Crippen molar-refractivity contribution in [3.8, 4) is 0 Å². The van der Waals surface area contributed by atoms with Crippen LogP contribution in [0.3, 0.4) is 0 Å². The van der Waals surface area contributed by atoms with Gasteiger partial charge in [-0.05, 0) is 35.6 Å². The van der Waals surface area contributed by atoms with Gasteiger partial charge in [0.05, 0.1) is 0 Å². The number of aromatic nitrogens is 1. The molecule has 0 aliphatic rings. The van der Waals surface area contributed by atoms with Gasteiger partial charge in [0.1, 0.15) is 0 Å². The van der Waals surface area contributed by atoms with Gasteiger partial charge in [0.2, 0.25) is 0 Å². The number of pyridine rings is 1. The molecule has 0 saturated heterocycles.